The Kier molecular flexibility index (Phi) is 4.39. The predicted octanol–water partition coefficient (Wildman–Crippen LogP) is 3.49. The van der Waals surface area contributed by atoms with Crippen molar-refractivity contribution in [3.05, 3.63) is 23.4 Å². The highest BCUT2D eigenvalue weighted by Gasteiger charge is 2.28. The highest BCUT2D eigenvalue weighted by Crippen LogP contribution is 2.33. The highest BCUT2D eigenvalue weighted by atomic mass is 32.1. The van der Waals surface area contributed by atoms with E-state index < -0.39 is 0 Å². The molecule has 23 heavy (non-hydrogen) atoms. The lowest BCUT2D eigenvalue weighted by Crippen LogP contribution is -2.50. The largest absolute Gasteiger partial charge is 0.462 e. The second-order valence-electron chi connectivity index (χ2n) is 6.86. The number of nitrogens with zero attached hydrogens (tertiary/aromatic N) is 3. The van der Waals surface area contributed by atoms with Crippen LogP contribution in [0, 0.1) is 0 Å². The van der Waals surface area contributed by atoms with Crippen molar-refractivity contribution in [2.45, 2.75) is 45.1 Å². The zero-order valence-electron chi connectivity index (χ0n) is 13.7. The number of aromatic nitrogens is 2. The zero-order chi connectivity index (χ0) is 16.4. The summed E-state index contributed by atoms with van der Waals surface area (Å²) in [6, 6.07) is 3.76. The van der Waals surface area contributed by atoms with Crippen molar-refractivity contribution in [1.82, 2.24) is 20.4 Å². The van der Waals surface area contributed by atoms with Gasteiger partial charge in [0.2, 0.25) is 0 Å². The lowest BCUT2D eigenvalue weighted by molar-refractivity contribution is 0.173. The third kappa shape index (κ3) is 3.90. The van der Waals surface area contributed by atoms with Gasteiger partial charge in [-0.05, 0) is 45.7 Å². The SMILES string of the molecule is CC(C)(C)NC(=O)N1CCC(c2nnc(-c3ccco3)s2)CC1. The molecule has 0 saturated carbocycles. The number of urea groups is 1. The topological polar surface area (TPSA) is 71.3 Å². The van der Waals surface area contributed by atoms with Gasteiger partial charge >= 0.3 is 6.03 Å². The van der Waals surface area contributed by atoms with Crippen molar-refractivity contribution in [1.29, 1.82) is 0 Å². The fourth-order valence-corrected chi connectivity index (χ4v) is 3.61. The van der Waals surface area contributed by atoms with Crippen LogP contribution in [0.15, 0.2) is 22.8 Å². The van der Waals surface area contributed by atoms with Crippen LogP contribution in [-0.2, 0) is 0 Å². The van der Waals surface area contributed by atoms with Crippen LogP contribution in [0.2, 0.25) is 0 Å². The Hall–Kier alpha value is -1.89. The van der Waals surface area contributed by atoms with Gasteiger partial charge in [-0.25, -0.2) is 4.79 Å². The van der Waals surface area contributed by atoms with Crippen molar-refractivity contribution in [2.24, 2.45) is 0 Å². The molecule has 3 rings (SSSR count). The molecule has 0 spiro atoms. The molecule has 0 unspecified atom stereocenters. The minimum Gasteiger partial charge on any atom is -0.462 e. The number of rotatable bonds is 2. The molecule has 2 amide bonds. The molecule has 6 nitrogen and oxygen atoms in total. The predicted molar refractivity (Wildman–Crippen MR) is 89.4 cm³/mol. The van der Waals surface area contributed by atoms with Gasteiger partial charge in [-0.15, -0.1) is 10.2 Å². The van der Waals surface area contributed by atoms with E-state index in [0.29, 0.717) is 5.92 Å². The Labute approximate surface area is 139 Å². The van der Waals surface area contributed by atoms with Crippen LogP contribution < -0.4 is 5.32 Å². The van der Waals surface area contributed by atoms with Crippen LogP contribution in [0.3, 0.4) is 0 Å². The van der Waals surface area contributed by atoms with Crippen LogP contribution in [0.5, 0.6) is 0 Å². The van der Waals surface area contributed by atoms with Gasteiger partial charge in [-0.3, -0.25) is 0 Å². The normalized spacial score (nSPS) is 16.6. The maximum atomic E-state index is 12.2. The van der Waals surface area contributed by atoms with Gasteiger partial charge in [0, 0.05) is 24.5 Å². The molecule has 1 N–H and O–H groups in total. The fraction of sp³-hybridized carbons (Fsp3) is 0.562. The molecule has 2 aromatic heterocycles. The number of likely N-dealkylation sites (tertiary alicyclic amines) is 1. The summed E-state index contributed by atoms with van der Waals surface area (Å²) in [6.45, 7) is 7.49. The molecule has 0 bridgehead atoms. The first-order chi connectivity index (χ1) is 10.9. The molecule has 7 heteroatoms. The van der Waals surface area contributed by atoms with E-state index in [1.165, 1.54) is 0 Å². The van der Waals surface area contributed by atoms with Crippen molar-refractivity contribution in [3.8, 4) is 10.8 Å². The highest BCUT2D eigenvalue weighted by molar-refractivity contribution is 7.14. The summed E-state index contributed by atoms with van der Waals surface area (Å²) in [5.41, 5.74) is -0.203. The van der Waals surface area contributed by atoms with Gasteiger partial charge in [0.15, 0.2) is 10.8 Å². The second-order valence-corrected chi connectivity index (χ2v) is 7.87. The van der Waals surface area contributed by atoms with E-state index >= 15 is 0 Å². The number of nitrogens with one attached hydrogen (secondary N) is 1. The quantitative estimate of drug-likeness (QED) is 0.912. The lowest BCUT2D eigenvalue weighted by atomic mass is 9.98. The average molecular weight is 334 g/mol. The molecule has 3 heterocycles. The maximum absolute atomic E-state index is 12.2. The average Bonchev–Trinajstić information content (AvgIpc) is 3.17. The second kappa shape index (κ2) is 6.31. The van der Waals surface area contributed by atoms with Crippen LogP contribution in [0.25, 0.3) is 10.8 Å². The molecule has 0 radical (unpaired) electrons. The minimum absolute atomic E-state index is 0.0180. The Morgan fingerprint density at radius 1 is 1.35 bits per heavy atom. The molecule has 1 aliphatic rings. The van der Waals surface area contributed by atoms with Crippen molar-refractivity contribution >= 4 is 17.4 Å². The lowest BCUT2D eigenvalue weighted by Gasteiger charge is -2.33. The summed E-state index contributed by atoms with van der Waals surface area (Å²) >= 11 is 1.58. The Morgan fingerprint density at radius 3 is 2.70 bits per heavy atom. The summed E-state index contributed by atoms with van der Waals surface area (Å²) in [6.07, 6.45) is 3.48. The van der Waals surface area contributed by atoms with E-state index in [-0.39, 0.29) is 11.6 Å². The van der Waals surface area contributed by atoms with Gasteiger partial charge < -0.3 is 14.6 Å². The van der Waals surface area contributed by atoms with Gasteiger partial charge in [0.25, 0.3) is 0 Å². The van der Waals surface area contributed by atoms with Gasteiger partial charge in [0.05, 0.1) is 6.26 Å². The first-order valence-electron chi connectivity index (χ1n) is 7.87. The Bertz CT molecular complexity index is 652. The Morgan fingerprint density at radius 2 is 2.09 bits per heavy atom. The van der Waals surface area contributed by atoms with E-state index in [0.717, 1.165) is 41.7 Å². The molecule has 0 aliphatic carbocycles. The third-order valence-corrected chi connectivity index (χ3v) is 4.89. The van der Waals surface area contributed by atoms with Crippen molar-refractivity contribution in [2.75, 3.05) is 13.1 Å². The zero-order valence-corrected chi connectivity index (χ0v) is 14.5. The minimum atomic E-state index is -0.203. The van der Waals surface area contributed by atoms with Gasteiger partial charge in [-0.1, -0.05) is 11.3 Å². The van der Waals surface area contributed by atoms with E-state index in [4.69, 9.17) is 4.42 Å². The van der Waals surface area contributed by atoms with Crippen LogP contribution in [0.1, 0.15) is 44.5 Å². The smallest absolute Gasteiger partial charge is 0.317 e. The molecule has 1 fully saturated rings. The van der Waals surface area contributed by atoms with Crippen LogP contribution in [0.4, 0.5) is 4.79 Å². The fourth-order valence-electron chi connectivity index (χ4n) is 2.63. The molecular formula is C16H22N4O2S. The number of carbonyl (C=O) groups is 1. The number of carbonyl (C=O) groups excluding carboxylic acids is 1. The molecular weight excluding hydrogens is 312 g/mol. The maximum Gasteiger partial charge on any atom is 0.317 e. The van der Waals surface area contributed by atoms with Crippen molar-refractivity contribution in [3.63, 3.8) is 0 Å². The van der Waals surface area contributed by atoms with E-state index in [9.17, 15) is 4.79 Å². The van der Waals surface area contributed by atoms with Crippen LogP contribution >= 0.6 is 11.3 Å². The molecule has 1 saturated heterocycles. The number of hydrogen-bond acceptors (Lipinski definition) is 5. The van der Waals surface area contributed by atoms with Crippen LogP contribution in [-0.4, -0.2) is 39.8 Å². The summed E-state index contributed by atoms with van der Waals surface area (Å²) in [5, 5.41) is 13.4. The first-order valence-corrected chi connectivity index (χ1v) is 8.68. The third-order valence-electron chi connectivity index (χ3n) is 3.79. The molecule has 124 valence electrons. The molecule has 0 atom stereocenters. The molecule has 1 aliphatic heterocycles. The number of amides is 2. The number of furan rings is 1. The number of hydrogen-bond donors (Lipinski definition) is 1. The Balaban J connectivity index is 1.58. The summed E-state index contributed by atoms with van der Waals surface area (Å²) in [5.74, 6) is 1.13. The van der Waals surface area contributed by atoms with Crippen molar-refractivity contribution < 1.29 is 9.21 Å². The molecule has 2 aromatic rings. The van der Waals surface area contributed by atoms with E-state index in [1.807, 2.05) is 37.8 Å². The van der Waals surface area contributed by atoms with Gasteiger partial charge in [0.1, 0.15) is 5.01 Å². The monoisotopic (exact) mass is 334 g/mol. The summed E-state index contributed by atoms with van der Waals surface area (Å²) in [4.78, 5) is 14.1. The standard InChI is InChI=1S/C16H22N4O2S/c1-16(2,3)17-15(21)20-8-6-11(7-9-20)13-18-19-14(23-13)12-5-4-10-22-12/h4-5,10-11H,6-9H2,1-3H3,(H,17,21). The first kappa shape index (κ1) is 16.0. The summed E-state index contributed by atoms with van der Waals surface area (Å²) in [7, 11) is 0. The van der Waals surface area contributed by atoms with E-state index in [2.05, 4.69) is 15.5 Å². The van der Waals surface area contributed by atoms with E-state index in [1.54, 1.807) is 17.6 Å². The summed E-state index contributed by atoms with van der Waals surface area (Å²) < 4.78 is 5.36. The number of piperidine rings is 1. The van der Waals surface area contributed by atoms with Gasteiger partial charge in [-0.2, -0.15) is 0 Å². The molecule has 0 aromatic carbocycles.